The average Bonchev–Trinajstić information content (AvgIpc) is 2.61. The van der Waals surface area contributed by atoms with E-state index >= 15 is 0 Å². The van der Waals surface area contributed by atoms with E-state index in [1.165, 1.54) is 26.0 Å². The van der Waals surface area contributed by atoms with Crippen LogP contribution in [0, 0.1) is 25.2 Å². The molecule has 0 saturated carbocycles. The summed E-state index contributed by atoms with van der Waals surface area (Å²) in [5.74, 6) is 1.22. The lowest BCUT2D eigenvalue weighted by atomic mass is 10.1. The van der Waals surface area contributed by atoms with Crippen molar-refractivity contribution in [3.8, 4) is 17.6 Å². The maximum absolute atomic E-state index is 12.3. The number of halogens is 1. The highest BCUT2D eigenvalue weighted by Gasteiger charge is 2.14. The molecule has 1 aromatic carbocycles. The van der Waals surface area contributed by atoms with E-state index in [4.69, 9.17) is 21.1 Å². The Morgan fingerprint density at radius 2 is 1.96 bits per heavy atom. The van der Waals surface area contributed by atoms with Gasteiger partial charge in [0.25, 0.3) is 0 Å². The number of aryl methyl sites for hydroxylation is 2. The number of nitriles is 1. The van der Waals surface area contributed by atoms with Gasteiger partial charge in [-0.3, -0.25) is 4.79 Å². The van der Waals surface area contributed by atoms with Crippen LogP contribution in [0.15, 0.2) is 23.2 Å². The molecule has 1 aromatic heterocycles. The number of carbonyl (C=O) groups excluding carboxylic acids is 1. The van der Waals surface area contributed by atoms with Crippen molar-refractivity contribution in [2.75, 3.05) is 25.3 Å². The highest BCUT2D eigenvalue weighted by Crippen LogP contribution is 2.36. The lowest BCUT2D eigenvalue weighted by Crippen LogP contribution is -2.13. The zero-order chi connectivity index (χ0) is 20.0. The molecule has 0 aliphatic carbocycles. The molecule has 0 fully saturated rings. The first-order valence-electron chi connectivity index (χ1n) is 8.12. The fourth-order valence-corrected chi connectivity index (χ4v) is 3.73. The number of aromatic nitrogens is 1. The van der Waals surface area contributed by atoms with Crippen LogP contribution in [0.5, 0.6) is 11.5 Å². The van der Waals surface area contributed by atoms with Gasteiger partial charge in [-0.25, -0.2) is 4.98 Å². The monoisotopic (exact) mass is 405 g/mol. The molecule has 2 aromatic rings. The Bertz CT molecular complexity index is 897. The first-order valence-corrected chi connectivity index (χ1v) is 9.48. The number of hydrogen-bond acceptors (Lipinski definition) is 6. The molecule has 0 unspecified atom stereocenters. The molecule has 0 bridgehead atoms. The second-order valence-electron chi connectivity index (χ2n) is 5.71. The van der Waals surface area contributed by atoms with E-state index in [-0.39, 0.29) is 12.3 Å². The summed E-state index contributed by atoms with van der Waals surface area (Å²) in [4.78, 5) is 16.7. The Morgan fingerprint density at radius 3 is 2.59 bits per heavy atom. The summed E-state index contributed by atoms with van der Waals surface area (Å²) in [5, 5.41) is 13.1. The molecule has 142 valence electrons. The Kier molecular flexibility index (Phi) is 7.34. The Morgan fingerprint density at radius 1 is 1.26 bits per heavy atom. The minimum Gasteiger partial charge on any atom is -0.495 e. The zero-order valence-electron chi connectivity index (χ0n) is 15.6. The largest absolute Gasteiger partial charge is 0.495 e. The molecule has 1 amide bonds. The van der Waals surface area contributed by atoms with Crippen molar-refractivity contribution < 1.29 is 14.3 Å². The lowest BCUT2D eigenvalue weighted by molar-refractivity contribution is -0.115. The molecule has 27 heavy (non-hydrogen) atoms. The highest BCUT2D eigenvalue weighted by atomic mass is 35.5. The standard InChI is InChI=1S/C19H20ClN3O3S/c1-11-7-12(2)22-19(13(11)10-21)27-6-5-18(24)23-15-8-14(20)16(25-3)9-17(15)26-4/h7-9H,5-6H2,1-4H3,(H,23,24). The number of thioether (sulfide) groups is 1. The Labute approximate surface area is 167 Å². The van der Waals surface area contributed by atoms with Gasteiger partial charge in [-0.2, -0.15) is 5.26 Å². The number of hydrogen-bond donors (Lipinski definition) is 1. The third-order valence-electron chi connectivity index (χ3n) is 3.74. The summed E-state index contributed by atoms with van der Waals surface area (Å²) in [7, 11) is 3.01. The predicted molar refractivity (Wildman–Crippen MR) is 107 cm³/mol. The van der Waals surface area contributed by atoms with Crippen LogP contribution >= 0.6 is 23.4 Å². The predicted octanol–water partition coefficient (Wildman–Crippen LogP) is 4.36. The topological polar surface area (TPSA) is 84.2 Å². The van der Waals surface area contributed by atoms with Crippen molar-refractivity contribution in [2.24, 2.45) is 0 Å². The minimum absolute atomic E-state index is 0.190. The van der Waals surface area contributed by atoms with E-state index in [1.54, 1.807) is 12.1 Å². The second kappa shape index (κ2) is 9.49. The molecular weight excluding hydrogens is 386 g/mol. The average molecular weight is 406 g/mol. The van der Waals surface area contributed by atoms with Crippen LogP contribution in [0.25, 0.3) is 0 Å². The fraction of sp³-hybridized carbons (Fsp3) is 0.316. The summed E-state index contributed by atoms with van der Waals surface area (Å²) in [5.41, 5.74) is 2.75. The van der Waals surface area contributed by atoms with Crippen molar-refractivity contribution in [3.63, 3.8) is 0 Å². The van der Waals surface area contributed by atoms with E-state index in [9.17, 15) is 10.1 Å². The van der Waals surface area contributed by atoms with Gasteiger partial charge in [0, 0.05) is 23.9 Å². The summed E-state index contributed by atoms with van der Waals surface area (Å²) in [6.45, 7) is 3.76. The van der Waals surface area contributed by atoms with Crippen LogP contribution in [0.4, 0.5) is 5.69 Å². The maximum atomic E-state index is 12.3. The molecule has 8 heteroatoms. The van der Waals surface area contributed by atoms with Gasteiger partial charge in [0.1, 0.15) is 22.6 Å². The van der Waals surface area contributed by atoms with Gasteiger partial charge in [-0.1, -0.05) is 11.6 Å². The number of nitrogens with one attached hydrogen (secondary N) is 1. The first kappa shape index (κ1) is 20.9. The van der Waals surface area contributed by atoms with E-state index < -0.39 is 0 Å². The van der Waals surface area contributed by atoms with Crippen LogP contribution in [-0.2, 0) is 4.79 Å². The third kappa shape index (κ3) is 5.28. The number of benzene rings is 1. The van der Waals surface area contributed by atoms with Gasteiger partial charge in [0.15, 0.2) is 0 Å². The Balaban J connectivity index is 2.02. The molecule has 0 saturated heterocycles. The van der Waals surface area contributed by atoms with Gasteiger partial charge < -0.3 is 14.8 Å². The lowest BCUT2D eigenvalue weighted by Gasteiger charge is -2.13. The van der Waals surface area contributed by atoms with Gasteiger partial charge in [0.05, 0.1) is 30.5 Å². The van der Waals surface area contributed by atoms with Crippen LogP contribution in [0.1, 0.15) is 23.2 Å². The molecule has 0 aliphatic rings. The number of methoxy groups -OCH3 is 2. The molecule has 6 nitrogen and oxygen atoms in total. The highest BCUT2D eigenvalue weighted by molar-refractivity contribution is 7.99. The number of pyridine rings is 1. The van der Waals surface area contributed by atoms with Crippen LogP contribution in [0.3, 0.4) is 0 Å². The number of amides is 1. The van der Waals surface area contributed by atoms with E-state index in [0.717, 1.165) is 11.3 Å². The number of nitrogens with zero attached hydrogens (tertiary/aromatic N) is 2. The second-order valence-corrected chi connectivity index (χ2v) is 7.20. The quantitative estimate of drug-likeness (QED) is 0.689. The smallest absolute Gasteiger partial charge is 0.225 e. The van der Waals surface area contributed by atoms with Crippen molar-refractivity contribution in [1.82, 2.24) is 4.98 Å². The molecule has 1 heterocycles. The van der Waals surface area contributed by atoms with E-state index in [0.29, 0.717) is 38.6 Å². The first-order chi connectivity index (χ1) is 12.9. The van der Waals surface area contributed by atoms with Crippen molar-refractivity contribution in [1.29, 1.82) is 5.26 Å². The van der Waals surface area contributed by atoms with Gasteiger partial charge in [-0.15, -0.1) is 11.8 Å². The van der Waals surface area contributed by atoms with Gasteiger partial charge in [-0.05, 0) is 31.5 Å². The van der Waals surface area contributed by atoms with Crippen LogP contribution in [-0.4, -0.2) is 30.9 Å². The molecule has 0 radical (unpaired) electrons. The fourth-order valence-electron chi connectivity index (χ4n) is 2.45. The van der Waals surface area contributed by atoms with Crippen molar-refractivity contribution in [2.45, 2.75) is 25.3 Å². The molecule has 0 atom stereocenters. The van der Waals surface area contributed by atoms with Crippen LogP contribution in [0.2, 0.25) is 5.02 Å². The third-order valence-corrected chi connectivity index (χ3v) is 5.01. The summed E-state index contributed by atoms with van der Waals surface area (Å²) < 4.78 is 10.4. The zero-order valence-corrected chi connectivity index (χ0v) is 17.1. The number of ether oxygens (including phenoxy) is 2. The summed E-state index contributed by atoms with van der Waals surface area (Å²) >= 11 is 7.50. The molecule has 0 spiro atoms. The maximum Gasteiger partial charge on any atom is 0.225 e. The normalized spacial score (nSPS) is 10.2. The number of rotatable bonds is 7. The van der Waals surface area contributed by atoms with E-state index in [2.05, 4.69) is 16.4 Å². The molecule has 1 N–H and O–H groups in total. The molecule has 2 rings (SSSR count). The summed E-state index contributed by atoms with van der Waals surface area (Å²) in [6.07, 6.45) is 0.247. The SMILES string of the molecule is COc1cc(OC)c(NC(=O)CCSc2nc(C)cc(C)c2C#N)cc1Cl. The Hall–Kier alpha value is -2.43. The van der Waals surface area contributed by atoms with E-state index in [1.807, 2.05) is 19.9 Å². The summed E-state index contributed by atoms with van der Waals surface area (Å²) in [6, 6.07) is 7.25. The number of carbonyl (C=O) groups is 1. The van der Waals surface area contributed by atoms with Crippen LogP contribution < -0.4 is 14.8 Å². The van der Waals surface area contributed by atoms with Gasteiger partial charge in [0.2, 0.25) is 5.91 Å². The van der Waals surface area contributed by atoms with Crippen molar-refractivity contribution >= 4 is 35.0 Å². The number of anilines is 1. The van der Waals surface area contributed by atoms with Gasteiger partial charge >= 0.3 is 0 Å². The molecular formula is C19H20ClN3O3S. The molecule has 0 aliphatic heterocycles. The minimum atomic E-state index is -0.190. The van der Waals surface area contributed by atoms with Crippen molar-refractivity contribution in [3.05, 3.63) is 40.0 Å².